The third-order valence-electron chi connectivity index (χ3n) is 7.17. The molecule has 0 saturated carbocycles. The minimum atomic E-state index is 1.08. The van der Waals surface area contributed by atoms with Crippen molar-refractivity contribution in [2.75, 3.05) is 5.32 Å². The second-order valence-corrected chi connectivity index (χ2v) is 9.54. The average Bonchev–Trinajstić information content (AvgIpc) is 3.32. The molecule has 1 N–H and O–H groups in total. The summed E-state index contributed by atoms with van der Waals surface area (Å²) in [6.07, 6.45) is 0. The first-order chi connectivity index (χ1) is 18.8. The van der Waals surface area contributed by atoms with Crippen molar-refractivity contribution in [2.24, 2.45) is 0 Å². The zero-order valence-electron chi connectivity index (χ0n) is 20.9. The Labute approximate surface area is 222 Å². The van der Waals surface area contributed by atoms with Crippen LogP contribution in [0.4, 0.5) is 11.4 Å². The van der Waals surface area contributed by atoms with Gasteiger partial charge in [0.25, 0.3) is 0 Å². The van der Waals surface area contributed by atoms with Gasteiger partial charge in [0, 0.05) is 33.4 Å². The van der Waals surface area contributed by atoms with Gasteiger partial charge in [-0.15, -0.1) is 0 Å². The molecule has 0 fully saturated rings. The molecule has 6 aromatic carbocycles. The molecule has 0 aliphatic carbocycles. The van der Waals surface area contributed by atoms with Crippen molar-refractivity contribution in [2.45, 2.75) is 0 Å². The van der Waals surface area contributed by atoms with E-state index in [4.69, 9.17) is 0 Å². The molecule has 38 heavy (non-hydrogen) atoms. The Hall–Kier alpha value is -5.08. The van der Waals surface area contributed by atoms with Crippen LogP contribution < -0.4 is 5.32 Å². The van der Waals surface area contributed by atoms with Gasteiger partial charge in [0.05, 0.1) is 11.0 Å². The van der Waals surface area contributed by atoms with Crippen molar-refractivity contribution in [3.8, 4) is 27.9 Å². The quantitative estimate of drug-likeness (QED) is 0.256. The van der Waals surface area contributed by atoms with Gasteiger partial charge in [0.15, 0.2) is 0 Å². The molecule has 1 heterocycles. The van der Waals surface area contributed by atoms with E-state index in [1.807, 2.05) is 6.07 Å². The summed E-state index contributed by atoms with van der Waals surface area (Å²) >= 11 is 0. The predicted molar refractivity (Wildman–Crippen MR) is 161 cm³/mol. The van der Waals surface area contributed by atoms with Gasteiger partial charge in [-0.2, -0.15) is 0 Å². The van der Waals surface area contributed by atoms with Gasteiger partial charge < -0.3 is 9.88 Å². The Bertz CT molecular complexity index is 1880. The number of nitrogens with zero attached hydrogens (tertiary/aromatic N) is 1. The van der Waals surface area contributed by atoms with E-state index >= 15 is 0 Å². The van der Waals surface area contributed by atoms with Gasteiger partial charge in [-0.25, -0.2) is 0 Å². The predicted octanol–water partition coefficient (Wildman–Crippen LogP) is 9.86. The van der Waals surface area contributed by atoms with Crippen LogP contribution in [-0.4, -0.2) is 4.57 Å². The SMILES string of the molecule is c1ccc(Nc2ccccc2-c2cccc(-c3ccc4c(c3)c3ccccc3n4-c3ccccc3)c2)cc1. The van der Waals surface area contributed by atoms with Crippen LogP contribution in [-0.2, 0) is 0 Å². The first kappa shape index (κ1) is 22.1. The normalized spacial score (nSPS) is 11.2. The summed E-state index contributed by atoms with van der Waals surface area (Å²) in [7, 11) is 0. The van der Waals surface area contributed by atoms with E-state index in [2.05, 4.69) is 155 Å². The number of hydrogen-bond donors (Lipinski definition) is 1. The second-order valence-electron chi connectivity index (χ2n) is 9.54. The molecule has 0 aliphatic heterocycles. The molecule has 7 aromatic rings. The molecule has 0 aliphatic rings. The molecule has 2 nitrogen and oxygen atoms in total. The third-order valence-corrected chi connectivity index (χ3v) is 7.17. The number of nitrogens with one attached hydrogen (secondary N) is 1. The van der Waals surface area contributed by atoms with Crippen LogP contribution in [0.1, 0.15) is 0 Å². The fourth-order valence-electron chi connectivity index (χ4n) is 5.39. The summed E-state index contributed by atoms with van der Waals surface area (Å²) < 4.78 is 2.36. The van der Waals surface area contributed by atoms with Crippen LogP contribution in [0.2, 0.25) is 0 Å². The van der Waals surface area contributed by atoms with Gasteiger partial charge in [0.2, 0.25) is 0 Å². The number of anilines is 2. The highest BCUT2D eigenvalue weighted by Gasteiger charge is 2.13. The van der Waals surface area contributed by atoms with E-state index in [0.29, 0.717) is 0 Å². The van der Waals surface area contributed by atoms with Gasteiger partial charge >= 0.3 is 0 Å². The van der Waals surface area contributed by atoms with Gasteiger partial charge in [-0.1, -0.05) is 97.1 Å². The largest absolute Gasteiger partial charge is 0.355 e. The van der Waals surface area contributed by atoms with Gasteiger partial charge in [-0.3, -0.25) is 0 Å². The summed E-state index contributed by atoms with van der Waals surface area (Å²) in [5, 5.41) is 6.12. The number of aromatic nitrogens is 1. The lowest BCUT2D eigenvalue weighted by Crippen LogP contribution is -1.93. The summed E-state index contributed by atoms with van der Waals surface area (Å²) in [5.41, 5.74) is 10.6. The number of rotatable bonds is 5. The molecule has 0 radical (unpaired) electrons. The number of benzene rings is 6. The smallest absolute Gasteiger partial charge is 0.0541 e. The molecule has 0 saturated heterocycles. The average molecular weight is 487 g/mol. The molecule has 1 aromatic heterocycles. The molecular formula is C36H26N2. The molecule has 180 valence electrons. The van der Waals surface area contributed by atoms with Crippen LogP contribution in [0, 0.1) is 0 Å². The molecule has 0 amide bonds. The van der Waals surface area contributed by atoms with E-state index < -0.39 is 0 Å². The molecular weight excluding hydrogens is 460 g/mol. The van der Waals surface area contributed by atoms with E-state index in [1.54, 1.807) is 0 Å². The fraction of sp³-hybridized carbons (Fsp3) is 0. The highest BCUT2D eigenvalue weighted by atomic mass is 15.0. The first-order valence-corrected chi connectivity index (χ1v) is 13.0. The first-order valence-electron chi connectivity index (χ1n) is 13.0. The maximum absolute atomic E-state index is 3.59. The second kappa shape index (κ2) is 9.42. The van der Waals surface area contributed by atoms with Crippen molar-refractivity contribution in [3.63, 3.8) is 0 Å². The van der Waals surface area contributed by atoms with E-state index in [0.717, 1.165) is 11.4 Å². The van der Waals surface area contributed by atoms with Crippen LogP contribution in [0.5, 0.6) is 0 Å². The van der Waals surface area contributed by atoms with Crippen molar-refractivity contribution in [1.29, 1.82) is 0 Å². The number of fused-ring (bicyclic) bond motifs is 3. The molecule has 0 unspecified atom stereocenters. The van der Waals surface area contributed by atoms with E-state index in [-0.39, 0.29) is 0 Å². The summed E-state index contributed by atoms with van der Waals surface area (Å²) in [4.78, 5) is 0. The lowest BCUT2D eigenvalue weighted by Gasteiger charge is -2.13. The highest BCUT2D eigenvalue weighted by molar-refractivity contribution is 6.10. The Morgan fingerprint density at radius 1 is 0.421 bits per heavy atom. The van der Waals surface area contributed by atoms with Gasteiger partial charge in [-0.05, 0) is 71.3 Å². The van der Waals surface area contributed by atoms with Crippen molar-refractivity contribution < 1.29 is 0 Å². The minimum absolute atomic E-state index is 1.08. The van der Waals surface area contributed by atoms with Gasteiger partial charge in [0.1, 0.15) is 0 Å². The fourth-order valence-corrected chi connectivity index (χ4v) is 5.39. The Morgan fingerprint density at radius 3 is 1.95 bits per heavy atom. The van der Waals surface area contributed by atoms with E-state index in [1.165, 1.54) is 49.7 Å². The molecule has 0 atom stereocenters. The zero-order valence-corrected chi connectivity index (χ0v) is 20.9. The molecule has 0 spiro atoms. The topological polar surface area (TPSA) is 17.0 Å². The van der Waals surface area contributed by atoms with Crippen LogP contribution >= 0.6 is 0 Å². The zero-order chi connectivity index (χ0) is 25.3. The minimum Gasteiger partial charge on any atom is -0.355 e. The standard InChI is InChI=1S/C36H26N2/c1-3-14-29(15-4-1)37-34-20-9-7-18-31(34)28-13-11-12-26(24-28)27-22-23-36-33(25-27)32-19-8-10-21-35(32)38(36)30-16-5-2-6-17-30/h1-25,37H. The van der Waals surface area contributed by atoms with Crippen LogP contribution in [0.15, 0.2) is 152 Å². The maximum atomic E-state index is 3.59. The highest BCUT2D eigenvalue weighted by Crippen LogP contribution is 2.37. The van der Waals surface area contributed by atoms with Crippen molar-refractivity contribution in [1.82, 2.24) is 4.57 Å². The summed E-state index contributed by atoms with van der Waals surface area (Å²) in [6.45, 7) is 0. The van der Waals surface area contributed by atoms with Crippen molar-refractivity contribution in [3.05, 3.63) is 152 Å². The summed E-state index contributed by atoms with van der Waals surface area (Å²) in [6, 6.07) is 53.8. The van der Waals surface area contributed by atoms with E-state index in [9.17, 15) is 0 Å². The Morgan fingerprint density at radius 2 is 1.08 bits per heavy atom. The molecule has 7 rings (SSSR count). The maximum Gasteiger partial charge on any atom is 0.0541 e. The Kier molecular flexibility index (Phi) is 5.49. The molecule has 0 bridgehead atoms. The lowest BCUT2D eigenvalue weighted by molar-refractivity contribution is 1.18. The van der Waals surface area contributed by atoms with Crippen molar-refractivity contribution >= 4 is 33.2 Å². The third kappa shape index (κ3) is 3.93. The Balaban J connectivity index is 1.34. The monoisotopic (exact) mass is 486 g/mol. The van der Waals surface area contributed by atoms with Crippen LogP contribution in [0.25, 0.3) is 49.7 Å². The number of para-hydroxylation sites is 4. The molecule has 2 heteroatoms. The number of hydrogen-bond acceptors (Lipinski definition) is 1. The van der Waals surface area contributed by atoms with Crippen LogP contribution in [0.3, 0.4) is 0 Å². The summed E-state index contributed by atoms with van der Waals surface area (Å²) in [5.74, 6) is 0. The lowest BCUT2D eigenvalue weighted by atomic mass is 9.97.